The molecule has 0 unspecified atom stereocenters. The van der Waals surface area contributed by atoms with Gasteiger partial charge in [0.05, 0.1) is 12.7 Å². The second-order valence-corrected chi connectivity index (χ2v) is 4.64. The standard InChI is InChI=1S/C13H17N7O/c1-3-4-14-11-8-20-6-5-15-13(20)12(18-11)16-7-10-17-9(2)21-19-10/h5-6,8,14H,3-4,7H2,1-2H3,(H,16,18). The molecule has 0 atom stereocenters. The molecule has 3 aromatic heterocycles. The van der Waals surface area contributed by atoms with Crippen molar-refractivity contribution in [1.29, 1.82) is 0 Å². The van der Waals surface area contributed by atoms with E-state index in [1.807, 2.05) is 16.8 Å². The van der Waals surface area contributed by atoms with E-state index in [4.69, 9.17) is 4.52 Å². The highest BCUT2D eigenvalue weighted by atomic mass is 16.5. The molecule has 0 spiro atoms. The van der Waals surface area contributed by atoms with Crippen molar-refractivity contribution in [2.24, 2.45) is 0 Å². The fraction of sp³-hybridized carbons (Fsp3) is 0.385. The largest absolute Gasteiger partial charge is 0.369 e. The van der Waals surface area contributed by atoms with Crippen LogP contribution in [0, 0.1) is 6.92 Å². The van der Waals surface area contributed by atoms with Crippen LogP contribution in [0.15, 0.2) is 23.1 Å². The molecule has 3 rings (SSSR count). The summed E-state index contributed by atoms with van der Waals surface area (Å²) in [4.78, 5) is 13.0. The average Bonchev–Trinajstić information content (AvgIpc) is 3.11. The summed E-state index contributed by atoms with van der Waals surface area (Å²) in [6.07, 6.45) is 6.58. The number of anilines is 2. The number of rotatable bonds is 6. The van der Waals surface area contributed by atoms with Crippen molar-refractivity contribution in [2.75, 3.05) is 17.2 Å². The number of hydrogen-bond donors (Lipinski definition) is 2. The molecule has 0 aliphatic carbocycles. The Morgan fingerprint density at radius 3 is 2.95 bits per heavy atom. The molecule has 0 aliphatic heterocycles. The highest BCUT2D eigenvalue weighted by molar-refractivity contribution is 5.65. The van der Waals surface area contributed by atoms with E-state index in [1.165, 1.54) is 0 Å². The Morgan fingerprint density at radius 1 is 1.29 bits per heavy atom. The summed E-state index contributed by atoms with van der Waals surface area (Å²) in [5.41, 5.74) is 0.761. The lowest BCUT2D eigenvalue weighted by atomic mass is 10.4. The summed E-state index contributed by atoms with van der Waals surface area (Å²) in [6.45, 7) is 5.18. The average molecular weight is 287 g/mol. The van der Waals surface area contributed by atoms with Gasteiger partial charge < -0.3 is 19.6 Å². The van der Waals surface area contributed by atoms with E-state index >= 15 is 0 Å². The normalized spacial score (nSPS) is 11.0. The summed E-state index contributed by atoms with van der Waals surface area (Å²) >= 11 is 0. The van der Waals surface area contributed by atoms with E-state index in [9.17, 15) is 0 Å². The zero-order chi connectivity index (χ0) is 14.7. The van der Waals surface area contributed by atoms with Crippen molar-refractivity contribution >= 4 is 17.3 Å². The predicted molar refractivity (Wildman–Crippen MR) is 78.1 cm³/mol. The van der Waals surface area contributed by atoms with Crippen molar-refractivity contribution in [2.45, 2.75) is 26.8 Å². The summed E-state index contributed by atoms with van der Waals surface area (Å²) in [5.74, 6) is 2.62. The van der Waals surface area contributed by atoms with Gasteiger partial charge in [0, 0.05) is 25.9 Å². The van der Waals surface area contributed by atoms with E-state index in [2.05, 4.69) is 37.7 Å². The molecule has 21 heavy (non-hydrogen) atoms. The van der Waals surface area contributed by atoms with Crippen LogP contribution in [0.5, 0.6) is 0 Å². The second kappa shape index (κ2) is 5.78. The van der Waals surface area contributed by atoms with Gasteiger partial charge in [0.2, 0.25) is 5.89 Å². The van der Waals surface area contributed by atoms with Gasteiger partial charge in [-0.05, 0) is 6.42 Å². The molecule has 2 N–H and O–H groups in total. The molecule has 0 fully saturated rings. The van der Waals surface area contributed by atoms with E-state index in [0.29, 0.717) is 24.1 Å². The van der Waals surface area contributed by atoms with Crippen LogP contribution in [0.2, 0.25) is 0 Å². The number of nitrogens with zero attached hydrogens (tertiary/aromatic N) is 5. The first-order valence-corrected chi connectivity index (χ1v) is 6.87. The first-order chi connectivity index (χ1) is 10.3. The zero-order valence-electron chi connectivity index (χ0n) is 12.0. The minimum Gasteiger partial charge on any atom is -0.369 e. The second-order valence-electron chi connectivity index (χ2n) is 4.64. The van der Waals surface area contributed by atoms with Gasteiger partial charge in [-0.3, -0.25) is 0 Å². The van der Waals surface area contributed by atoms with Crippen molar-refractivity contribution in [3.8, 4) is 0 Å². The molecule has 0 radical (unpaired) electrons. The topological polar surface area (TPSA) is 93.2 Å². The third-order valence-electron chi connectivity index (χ3n) is 2.91. The lowest BCUT2D eigenvalue weighted by Gasteiger charge is -2.09. The van der Waals surface area contributed by atoms with Gasteiger partial charge in [0.1, 0.15) is 5.82 Å². The van der Waals surface area contributed by atoms with Crippen LogP contribution in [0.25, 0.3) is 5.65 Å². The zero-order valence-corrected chi connectivity index (χ0v) is 12.0. The van der Waals surface area contributed by atoms with Crippen molar-refractivity contribution < 1.29 is 4.52 Å². The van der Waals surface area contributed by atoms with Gasteiger partial charge in [-0.25, -0.2) is 9.97 Å². The summed E-state index contributed by atoms with van der Waals surface area (Å²) in [5, 5.41) is 10.3. The molecular formula is C13H17N7O. The van der Waals surface area contributed by atoms with Crippen LogP contribution < -0.4 is 10.6 Å². The molecule has 8 nitrogen and oxygen atoms in total. The molecular weight excluding hydrogens is 270 g/mol. The van der Waals surface area contributed by atoms with Crippen molar-refractivity contribution in [1.82, 2.24) is 24.5 Å². The van der Waals surface area contributed by atoms with Gasteiger partial charge in [0.15, 0.2) is 17.3 Å². The minimum absolute atomic E-state index is 0.435. The Hall–Kier alpha value is -2.64. The lowest BCUT2D eigenvalue weighted by Crippen LogP contribution is -2.09. The third-order valence-corrected chi connectivity index (χ3v) is 2.91. The SMILES string of the molecule is CCCNc1cn2ccnc2c(NCc2noc(C)n2)n1. The van der Waals surface area contributed by atoms with Crippen LogP contribution in [-0.4, -0.2) is 31.1 Å². The number of nitrogens with one attached hydrogen (secondary N) is 2. The van der Waals surface area contributed by atoms with E-state index < -0.39 is 0 Å². The summed E-state index contributed by atoms with van der Waals surface area (Å²) in [6, 6.07) is 0. The van der Waals surface area contributed by atoms with Gasteiger partial charge in [-0.1, -0.05) is 12.1 Å². The molecule has 0 saturated heterocycles. The fourth-order valence-electron chi connectivity index (χ4n) is 1.96. The highest BCUT2D eigenvalue weighted by Crippen LogP contribution is 2.17. The van der Waals surface area contributed by atoms with E-state index in [1.54, 1.807) is 13.1 Å². The Balaban J connectivity index is 1.83. The van der Waals surface area contributed by atoms with Crippen LogP contribution in [0.1, 0.15) is 25.1 Å². The molecule has 110 valence electrons. The number of aryl methyl sites for hydroxylation is 1. The van der Waals surface area contributed by atoms with Gasteiger partial charge in [-0.2, -0.15) is 4.98 Å². The number of hydrogen-bond acceptors (Lipinski definition) is 7. The van der Waals surface area contributed by atoms with E-state index in [-0.39, 0.29) is 0 Å². The maximum atomic E-state index is 4.95. The predicted octanol–water partition coefficient (Wildman–Crippen LogP) is 1.85. The highest BCUT2D eigenvalue weighted by Gasteiger charge is 2.09. The molecule has 0 saturated carbocycles. The number of aromatic nitrogens is 5. The molecule has 0 aromatic carbocycles. The quantitative estimate of drug-likeness (QED) is 0.714. The van der Waals surface area contributed by atoms with Crippen molar-refractivity contribution in [3.63, 3.8) is 0 Å². The summed E-state index contributed by atoms with van der Waals surface area (Å²) in [7, 11) is 0. The van der Waals surface area contributed by atoms with Crippen LogP contribution in [0.3, 0.4) is 0 Å². The number of imidazole rings is 1. The van der Waals surface area contributed by atoms with Gasteiger partial charge >= 0.3 is 0 Å². The Kier molecular flexibility index (Phi) is 3.67. The molecule has 3 aromatic rings. The Morgan fingerprint density at radius 2 is 2.19 bits per heavy atom. The maximum Gasteiger partial charge on any atom is 0.223 e. The summed E-state index contributed by atoms with van der Waals surface area (Å²) < 4.78 is 6.87. The molecule has 0 bridgehead atoms. The monoisotopic (exact) mass is 287 g/mol. The molecule has 0 amide bonds. The smallest absolute Gasteiger partial charge is 0.223 e. The van der Waals surface area contributed by atoms with Crippen molar-refractivity contribution in [3.05, 3.63) is 30.3 Å². The number of fused-ring (bicyclic) bond motifs is 1. The van der Waals surface area contributed by atoms with Gasteiger partial charge in [-0.15, -0.1) is 0 Å². The van der Waals surface area contributed by atoms with E-state index in [0.717, 1.165) is 24.4 Å². The maximum absolute atomic E-state index is 4.95. The minimum atomic E-state index is 0.435. The van der Waals surface area contributed by atoms with Crippen LogP contribution in [-0.2, 0) is 6.54 Å². The van der Waals surface area contributed by atoms with Crippen LogP contribution >= 0.6 is 0 Å². The first kappa shape index (κ1) is 13.3. The van der Waals surface area contributed by atoms with Crippen LogP contribution in [0.4, 0.5) is 11.6 Å². The Labute approximate surface area is 121 Å². The Bertz CT molecular complexity index is 733. The third kappa shape index (κ3) is 2.93. The molecule has 0 aliphatic rings. The first-order valence-electron chi connectivity index (χ1n) is 6.87. The van der Waals surface area contributed by atoms with Gasteiger partial charge in [0.25, 0.3) is 0 Å². The lowest BCUT2D eigenvalue weighted by molar-refractivity contribution is 0.388. The molecule has 3 heterocycles. The molecule has 8 heteroatoms. The fourth-order valence-corrected chi connectivity index (χ4v) is 1.96.